The Morgan fingerprint density at radius 1 is 1.42 bits per heavy atom. The van der Waals surface area contributed by atoms with Crippen molar-refractivity contribution in [3.05, 3.63) is 45.9 Å². The highest BCUT2D eigenvalue weighted by Gasteiger charge is 2.08. The van der Waals surface area contributed by atoms with Crippen LogP contribution in [-0.4, -0.2) is 16.1 Å². The first-order chi connectivity index (χ1) is 9.19. The van der Waals surface area contributed by atoms with Gasteiger partial charge in [0, 0.05) is 10.9 Å². The molecule has 0 aliphatic rings. The molecule has 2 rings (SSSR count). The van der Waals surface area contributed by atoms with Gasteiger partial charge in [0.15, 0.2) is 0 Å². The van der Waals surface area contributed by atoms with E-state index in [1.165, 1.54) is 0 Å². The summed E-state index contributed by atoms with van der Waals surface area (Å²) < 4.78 is 5.66. The Morgan fingerprint density at radius 2 is 2.21 bits per heavy atom. The Hall–Kier alpha value is -1.88. The number of carbonyl (C=O) groups is 1. The lowest BCUT2D eigenvalue weighted by Gasteiger charge is -2.08. The number of carboxylic acids is 1. The van der Waals surface area contributed by atoms with Crippen LogP contribution in [0.25, 0.3) is 0 Å². The van der Waals surface area contributed by atoms with Gasteiger partial charge in [-0.25, -0.2) is 4.98 Å². The van der Waals surface area contributed by atoms with Gasteiger partial charge in [-0.1, -0.05) is 25.1 Å². The summed E-state index contributed by atoms with van der Waals surface area (Å²) in [4.78, 5) is 15.2. The minimum atomic E-state index is -0.863. The van der Waals surface area contributed by atoms with E-state index in [4.69, 9.17) is 9.84 Å². The fourth-order valence-corrected chi connectivity index (χ4v) is 2.41. The number of aryl methyl sites for hydroxylation is 1. The first-order valence-electron chi connectivity index (χ1n) is 6.04. The van der Waals surface area contributed by atoms with Crippen molar-refractivity contribution in [1.82, 2.24) is 4.98 Å². The first-order valence-corrected chi connectivity index (χ1v) is 6.92. The van der Waals surface area contributed by atoms with Crippen molar-refractivity contribution < 1.29 is 14.6 Å². The third-order valence-corrected chi connectivity index (χ3v) is 3.63. The molecule has 0 amide bonds. The van der Waals surface area contributed by atoms with Gasteiger partial charge in [0.1, 0.15) is 12.4 Å². The smallest absolute Gasteiger partial charge is 0.307 e. The molecule has 100 valence electrons. The molecule has 1 aromatic carbocycles. The minimum Gasteiger partial charge on any atom is -0.487 e. The summed E-state index contributed by atoms with van der Waals surface area (Å²) in [6.07, 6.45) is 0.883. The van der Waals surface area contributed by atoms with Crippen LogP contribution >= 0.6 is 11.3 Å². The molecule has 0 bridgehead atoms. The third kappa shape index (κ3) is 3.79. The molecule has 0 radical (unpaired) electrons. The van der Waals surface area contributed by atoms with Crippen LogP contribution in [0.15, 0.2) is 29.6 Å². The number of aliphatic carboxylic acids is 1. The summed E-state index contributed by atoms with van der Waals surface area (Å²) in [6, 6.07) is 7.19. The lowest BCUT2D eigenvalue weighted by molar-refractivity contribution is -0.136. The predicted octanol–water partition coefficient (Wildman–Crippen LogP) is 2.91. The average Bonchev–Trinajstić information content (AvgIpc) is 2.85. The van der Waals surface area contributed by atoms with Crippen LogP contribution in [0.1, 0.15) is 23.2 Å². The second kappa shape index (κ2) is 6.33. The summed E-state index contributed by atoms with van der Waals surface area (Å²) in [7, 11) is 0. The average molecular weight is 277 g/mol. The molecule has 0 unspecified atom stereocenters. The van der Waals surface area contributed by atoms with E-state index in [-0.39, 0.29) is 6.42 Å². The van der Waals surface area contributed by atoms with E-state index in [2.05, 4.69) is 11.9 Å². The van der Waals surface area contributed by atoms with Gasteiger partial charge < -0.3 is 9.84 Å². The number of thiazole rings is 1. The number of para-hydroxylation sites is 1. The van der Waals surface area contributed by atoms with Crippen LogP contribution < -0.4 is 4.74 Å². The van der Waals surface area contributed by atoms with E-state index in [0.29, 0.717) is 17.9 Å². The zero-order chi connectivity index (χ0) is 13.7. The molecular weight excluding hydrogens is 262 g/mol. The summed E-state index contributed by atoms with van der Waals surface area (Å²) in [5.74, 6) is -0.256. The molecular formula is C14H15NO3S. The largest absolute Gasteiger partial charge is 0.487 e. The van der Waals surface area contributed by atoms with E-state index in [0.717, 1.165) is 17.1 Å². The lowest BCUT2D eigenvalue weighted by Crippen LogP contribution is -2.04. The molecule has 0 atom stereocenters. The first kappa shape index (κ1) is 13.5. The Balaban J connectivity index is 2.04. The Morgan fingerprint density at radius 3 is 2.89 bits per heavy atom. The second-order valence-electron chi connectivity index (χ2n) is 4.05. The highest BCUT2D eigenvalue weighted by Crippen LogP contribution is 2.20. The lowest BCUT2D eigenvalue weighted by atomic mass is 10.1. The number of aromatic nitrogens is 1. The molecule has 0 saturated carbocycles. The number of ether oxygens (including phenoxy) is 1. The number of hydrogen-bond acceptors (Lipinski definition) is 4. The van der Waals surface area contributed by atoms with E-state index in [9.17, 15) is 4.79 Å². The standard InChI is InChI=1S/C14H15NO3S/c1-2-13-15-11(9-19-13)8-18-12-6-4-3-5-10(12)7-14(16)17/h3-6,9H,2,7-8H2,1H3,(H,16,17). The Bertz CT molecular complexity index is 565. The van der Waals surface area contributed by atoms with Crippen LogP contribution in [0, 0.1) is 0 Å². The van der Waals surface area contributed by atoms with Crippen LogP contribution in [0.4, 0.5) is 0 Å². The van der Waals surface area contributed by atoms with E-state index < -0.39 is 5.97 Å². The molecule has 5 heteroatoms. The molecule has 1 aromatic heterocycles. The maximum absolute atomic E-state index is 10.8. The zero-order valence-corrected chi connectivity index (χ0v) is 11.4. The number of hydrogen-bond donors (Lipinski definition) is 1. The molecule has 4 nitrogen and oxygen atoms in total. The SMILES string of the molecule is CCc1nc(COc2ccccc2CC(=O)O)cs1. The number of nitrogens with zero attached hydrogens (tertiary/aromatic N) is 1. The van der Waals surface area contributed by atoms with Crippen molar-refractivity contribution in [2.24, 2.45) is 0 Å². The maximum atomic E-state index is 10.8. The van der Waals surface area contributed by atoms with Crippen LogP contribution in [0.5, 0.6) is 5.75 Å². The molecule has 19 heavy (non-hydrogen) atoms. The zero-order valence-electron chi connectivity index (χ0n) is 10.6. The van der Waals surface area contributed by atoms with Crippen molar-refractivity contribution in [3.63, 3.8) is 0 Å². The van der Waals surface area contributed by atoms with Gasteiger partial charge in [-0.3, -0.25) is 4.79 Å². The molecule has 1 heterocycles. The molecule has 1 N–H and O–H groups in total. The molecule has 0 spiro atoms. The normalized spacial score (nSPS) is 10.4. The van der Waals surface area contributed by atoms with Crippen LogP contribution in [-0.2, 0) is 24.2 Å². The fraction of sp³-hybridized carbons (Fsp3) is 0.286. The molecule has 0 aliphatic heterocycles. The van der Waals surface area contributed by atoms with Gasteiger partial charge in [-0.15, -0.1) is 11.3 Å². The number of rotatable bonds is 6. The van der Waals surface area contributed by atoms with Gasteiger partial charge in [-0.2, -0.15) is 0 Å². The van der Waals surface area contributed by atoms with E-state index in [1.54, 1.807) is 23.5 Å². The van der Waals surface area contributed by atoms with E-state index in [1.807, 2.05) is 17.5 Å². The van der Waals surface area contributed by atoms with Crippen LogP contribution in [0.2, 0.25) is 0 Å². The highest BCUT2D eigenvalue weighted by molar-refractivity contribution is 7.09. The maximum Gasteiger partial charge on any atom is 0.307 e. The molecule has 0 fully saturated rings. The van der Waals surface area contributed by atoms with Crippen molar-refractivity contribution >= 4 is 17.3 Å². The Kier molecular flexibility index (Phi) is 4.52. The van der Waals surface area contributed by atoms with Crippen molar-refractivity contribution in [2.75, 3.05) is 0 Å². The monoisotopic (exact) mass is 277 g/mol. The third-order valence-electron chi connectivity index (χ3n) is 2.59. The van der Waals surface area contributed by atoms with Crippen LogP contribution in [0.3, 0.4) is 0 Å². The van der Waals surface area contributed by atoms with Gasteiger partial charge in [-0.05, 0) is 12.5 Å². The van der Waals surface area contributed by atoms with E-state index >= 15 is 0 Å². The summed E-state index contributed by atoms with van der Waals surface area (Å²) in [5.41, 5.74) is 1.56. The summed E-state index contributed by atoms with van der Waals surface area (Å²) in [6.45, 7) is 2.43. The second-order valence-corrected chi connectivity index (χ2v) is 5.00. The summed E-state index contributed by atoms with van der Waals surface area (Å²) >= 11 is 1.61. The fourth-order valence-electron chi connectivity index (χ4n) is 1.68. The molecule has 0 aliphatic carbocycles. The van der Waals surface area contributed by atoms with Gasteiger partial charge in [0.25, 0.3) is 0 Å². The predicted molar refractivity (Wildman–Crippen MR) is 73.6 cm³/mol. The minimum absolute atomic E-state index is 0.0343. The highest BCUT2D eigenvalue weighted by atomic mass is 32.1. The van der Waals surface area contributed by atoms with Crippen molar-refractivity contribution in [1.29, 1.82) is 0 Å². The molecule has 0 saturated heterocycles. The molecule has 2 aromatic rings. The van der Waals surface area contributed by atoms with Crippen molar-refractivity contribution in [3.8, 4) is 5.75 Å². The van der Waals surface area contributed by atoms with Gasteiger partial charge in [0.2, 0.25) is 0 Å². The summed E-state index contributed by atoms with van der Waals surface area (Å²) in [5, 5.41) is 11.9. The number of benzene rings is 1. The Labute approximate surface area is 115 Å². The van der Waals surface area contributed by atoms with Crippen molar-refractivity contribution in [2.45, 2.75) is 26.4 Å². The van der Waals surface area contributed by atoms with Gasteiger partial charge >= 0.3 is 5.97 Å². The topological polar surface area (TPSA) is 59.4 Å². The quantitative estimate of drug-likeness (QED) is 0.882. The number of carboxylic acid groups (broad SMARTS) is 1. The van der Waals surface area contributed by atoms with Gasteiger partial charge in [0.05, 0.1) is 17.1 Å².